The lowest BCUT2D eigenvalue weighted by atomic mass is 10.0. The van der Waals surface area contributed by atoms with E-state index in [9.17, 15) is 0 Å². The molecule has 100 valence electrons. The van der Waals surface area contributed by atoms with Gasteiger partial charge in [0.1, 0.15) is 12.4 Å². The van der Waals surface area contributed by atoms with Crippen LogP contribution in [0.1, 0.15) is 37.0 Å². The van der Waals surface area contributed by atoms with E-state index in [0.29, 0.717) is 6.61 Å². The molecule has 0 aliphatic rings. The van der Waals surface area contributed by atoms with Crippen molar-refractivity contribution in [2.75, 3.05) is 6.61 Å². The first kappa shape index (κ1) is 14.8. The molecule has 1 aromatic rings. The lowest BCUT2D eigenvalue weighted by Crippen LogP contribution is -2.18. The van der Waals surface area contributed by atoms with Gasteiger partial charge in [0, 0.05) is 6.04 Å². The molecule has 0 heterocycles. The smallest absolute Gasteiger partial charge is 0.125 e. The quantitative estimate of drug-likeness (QED) is 0.780. The maximum Gasteiger partial charge on any atom is 0.125 e. The molecule has 0 bridgehead atoms. The Hall–Kier alpha value is -1.28. The molecule has 0 fully saturated rings. The Bertz CT molecular complexity index is 398. The SMILES string of the molecule is C=C(CC)COc1c(C)cc(CC(C)N)cc1C. The van der Waals surface area contributed by atoms with Crippen molar-refractivity contribution in [1.82, 2.24) is 0 Å². The summed E-state index contributed by atoms with van der Waals surface area (Å²) in [7, 11) is 0. The van der Waals surface area contributed by atoms with Gasteiger partial charge in [0.15, 0.2) is 0 Å². The van der Waals surface area contributed by atoms with Crippen molar-refractivity contribution in [1.29, 1.82) is 0 Å². The van der Waals surface area contributed by atoms with E-state index in [2.05, 4.69) is 39.5 Å². The summed E-state index contributed by atoms with van der Waals surface area (Å²) in [5.74, 6) is 0.984. The zero-order valence-electron chi connectivity index (χ0n) is 12.0. The van der Waals surface area contributed by atoms with Gasteiger partial charge in [-0.25, -0.2) is 0 Å². The van der Waals surface area contributed by atoms with E-state index in [1.807, 2.05) is 6.92 Å². The topological polar surface area (TPSA) is 35.2 Å². The molecule has 2 heteroatoms. The van der Waals surface area contributed by atoms with Crippen molar-refractivity contribution < 1.29 is 4.74 Å². The summed E-state index contributed by atoms with van der Waals surface area (Å²) in [6, 6.07) is 4.52. The van der Waals surface area contributed by atoms with E-state index in [-0.39, 0.29) is 6.04 Å². The zero-order chi connectivity index (χ0) is 13.7. The molecule has 0 radical (unpaired) electrons. The van der Waals surface area contributed by atoms with E-state index in [0.717, 1.165) is 24.2 Å². The fraction of sp³-hybridized carbons (Fsp3) is 0.500. The van der Waals surface area contributed by atoms with Crippen LogP contribution >= 0.6 is 0 Å². The Morgan fingerprint density at radius 2 is 1.89 bits per heavy atom. The fourth-order valence-electron chi connectivity index (χ4n) is 2.03. The first-order valence-electron chi connectivity index (χ1n) is 6.59. The highest BCUT2D eigenvalue weighted by atomic mass is 16.5. The summed E-state index contributed by atoms with van der Waals surface area (Å²) in [5.41, 5.74) is 10.6. The molecule has 1 unspecified atom stereocenters. The van der Waals surface area contributed by atoms with Crippen LogP contribution in [0, 0.1) is 13.8 Å². The van der Waals surface area contributed by atoms with Crippen LogP contribution in [0.3, 0.4) is 0 Å². The van der Waals surface area contributed by atoms with Gasteiger partial charge in [-0.15, -0.1) is 0 Å². The van der Waals surface area contributed by atoms with Crippen molar-refractivity contribution >= 4 is 0 Å². The first-order chi connectivity index (χ1) is 8.43. The van der Waals surface area contributed by atoms with Crippen LogP contribution in [0.5, 0.6) is 5.75 Å². The number of hydrogen-bond acceptors (Lipinski definition) is 2. The number of rotatable bonds is 6. The monoisotopic (exact) mass is 247 g/mol. The molecular weight excluding hydrogens is 222 g/mol. The van der Waals surface area contributed by atoms with Gasteiger partial charge in [-0.05, 0) is 55.9 Å². The van der Waals surface area contributed by atoms with Gasteiger partial charge in [-0.1, -0.05) is 25.6 Å². The van der Waals surface area contributed by atoms with Crippen LogP contribution in [0.4, 0.5) is 0 Å². The first-order valence-corrected chi connectivity index (χ1v) is 6.59. The third-order valence-electron chi connectivity index (χ3n) is 3.00. The second kappa shape index (κ2) is 6.60. The Balaban J connectivity index is 2.84. The van der Waals surface area contributed by atoms with Gasteiger partial charge in [-0.2, -0.15) is 0 Å². The summed E-state index contributed by atoms with van der Waals surface area (Å²) >= 11 is 0. The maximum atomic E-state index is 5.85. The van der Waals surface area contributed by atoms with Gasteiger partial charge in [0.2, 0.25) is 0 Å². The van der Waals surface area contributed by atoms with Crippen LogP contribution in [0.25, 0.3) is 0 Å². The molecule has 0 spiro atoms. The Morgan fingerprint density at radius 3 is 2.33 bits per heavy atom. The highest BCUT2D eigenvalue weighted by Gasteiger charge is 2.08. The van der Waals surface area contributed by atoms with Crippen molar-refractivity contribution in [2.24, 2.45) is 5.73 Å². The second-order valence-electron chi connectivity index (χ2n) is 5.13. The Labute approximate surface area is 111 Å². The van der Waals surface area contributed by atoms with Crippen molar-refractivity contribution in [2.45, 2.75) is 46.6 Å². The van der Waals surface area contributed by atoms with Gasteiger partial charge < -0.3 is 10.5 Å². The molecule has 1 aromatic carbocycles. The lowest BCUT2D eigenvalue weighted by molar-refractivity contribution is 0.344. The summed E-state index contributed by atoms with van der Waals surface area (Å²) in [6.45, 7) is 12.9. The predicted molar refractivity (Wildman–Crippen MR) is 78.2 cm³/mol. The van der Waals surface area contributed by atoms with Crippen molar-refractivity contribution in [3.8, 4) is 5.75 Å². The van der Waals surface area contributed by atoms with Gasteiger partial charge >= 0.3 is 0 Å². The highest BCUT2D eigenvalue weighted by molar-refractivity contribution is 5.43. The molecule has 1 atom stereocenters. The lowest BCUT2D eigenvalue weighted by Gasteiger charge is -2.15. The summed E-state index contributed by atoms with van der Waals surface area (Å²) in [6.07, 6.45) is 1.87. The van der Waals surface area contributed by atoms with E-state index >= 15 is 0 Å². The van der Waals surface area contributed by atoms with E-state index < -0.39 is 0 Å². The molecule has 0 aliphatic carbocycles. The van der Waals surface area contributed by atoms with E-state index in [1.165, 1.54) is 16.7 Å². The third kappa shape index (κ3) is 4.19. The number of ether oxygens (including phenoxy) is 1. The minimum Gasteiger partial charge on any atom is -0.489 e. The largest absolute Gasteiger partial charge is 0.489 e. The van der Waals surface area contributed by atoms with Crippen LogP contribution < -0.4 is 10.5 Å². The van der Waals surface area contributed by atoms with Crippen LogP contribution in [-0.2, 0) is 6.42 Å². The standard InChI is InChI=1S/C16H25NO/c1-6-11(2)10-18-16-12(3)7-15(8-13(16)4)9-14(5)17/h7-8,14H,2,6,9-10,17H2,1,3-5H3. The van der Waals surface area contributed by atoms with Crippen LogP contribution in [0.15, 0.2) is 24.3 Å². The number of hydrogen-bond donors (Lipinski definition) is 1. The maximum absolute atomic E-state index is 5.85. The molecule has 2 N–H and O–H groups in total. The average Bonchev–Trinajstić information content (AvgIpc) is 2.26. The molecule has 0 saturated heterocycles. The fourth-order valence-corrected chi connectivity index (χ4v) is 2.03. The Kier molecular flexibility index (Phi) is 5.42. The van der Waals surface area contributed by atoms with Crippen LogP contribution in [-0.4, -0.2) is 12.6 Å². The predicted octanol–water partition coefficient (Wildman–Crippen LogP) is 3.54. The molecule has 2 nitrogen and oxygen atoms in total. The van der Waals surface area contributed by atoms with Crippen molar-refractivity contribution in [3.05, 3.63) is 41.0 Å². The van der Waals surface area contributed by atoms with Gasteiger partial charge in [0.05, 0.1) is 0 Å². The average molecular weight is 247 g/mol. The minimum atomic E-state index is 0.190. The molecule has 18 heavy (non-hydrogen) atoms. The summed E-state index contributed by atoms with van der Waals surface area (Å²) in [5, 5.41) is 0. The highest BCUT2D eigenvalue weighted by Crippen LogP contribution is 2.25. The third-order valence-corrected chi connectivity index (χ3v) is 3.00. The molecule has 0 saturated carbocycles. The molecule has 0 aliphatic heterocycles. The molecule has 0 amide bonds. The molecule has 0 aromatic heterocycles. The summed E-state index contributed by atoms with van der Waals surface area (Å²) in [4.78, 5) is 0. The molecular formula is C16H25NO. The number of benzene rings is 1. The zero-order valence-corrected chi connectivity index (χ0v) is 12.0. The van der Waals surface area contributed by atoms with Gasteiger partial charge in [0.25, 0.3) is 0 Å². The Morgan fingerprint density at radius 1 is 1.33 bits per heavy atom. The van der Waals surface area contributed by atoms with E-state index in [4.69, 9.17) is 10.5 Å². The number of nitrogens with two attached hydrogens (primary N) is 1. The molecule has 1 rings (SSSR count). The summed E-state index contributed by atoms with van der Waals surface area (Å²) < 4.78 is 5.85. The van der Waals surface area contributed by atoms with E-state index in [1.54, 1.807) is 0 Å². The number of aryl methyl sites for hydroxylation is 2. The van der Waals surface area contributed by atoms with Crippen molar-refractivity contribution in [3.63, 3.8) is 0 Å². The minimum absolute atomic E-state index is 0.190. The normalized spacial score (nSPS) is 12.3. The second-order valence-corrected chi connectivity index (χ2v) is 5.13. The van der Waals surface area contributed by atoms with Gasteiger partial charge in [-0.3, -0.25) is 0 Å². The van der Waals surface area contributed by atoms with Crippen LogP contribution in [0.2, 0.25) is 0 Å².